The number of nitrogens with one attached hydrogen (secondary N) is 2. The Kier molecular flexibility index (Phi) is 4.40. The summed E-state index contributed by atoms with van der Waals surface area (Å²) in [6, 6.07) is 4.29. The molecule has 2 saturated heterocycles. The summed E-state index contributed by atoms with van der Waals surface area (Å²) < 4.78 is 17.0. The van der Waals surface area contributed by atoms with Gasteiger partial charge in [0, 0.05) is 17.8 Å². The second kappa shape index (κ2) is 7.26. The highest BCUT2D eigenvalue weighted by molar-refractivity contribution is 6.20. The van der Waals surface area contributed by atoms with E-state index in [4.69, 9.17) is 13.6 Å². The Labute approximate surface area is 193 Å². The van der Waals surface area contributed by atoms with E-state index >= 15 is 0 Å². The van der Waals surface area contributed by atoms with E-state index in [1.165, 1.54) is 18.7 Å². The highest BCUT2D eigenvalue weighted by Gasteiger charge is 2.62. The van der Waals surface area contributed by atoms with Gasteiger partial charge in [-0.1, -0.05) is 0 Å². The number of imide groups is 2. The van der Waals surface area contributed by atoms with Crippen molar-refractivity contribution < 1.29 is 28.0 Å². The van der Waals surface area contributed by atoms with Crippen LogP contribution in [0.1, 0.15) is 19.4 Å². The Morgan fingerprint density at radius 1 is 1.09 bits per heavy atom. The van der Waals surface area contributed by atoms with E-state index in [1.54, 1.807) is 0 Å². The molecule has 6 rings (SSSR count). The number of morpholine rings is 1. The first-order chi connectivity index (χ1) is 16.4. The van der Waals surface area contributed by atoms with Gasteiger partial charge in [-0.2, -0.15) is 0 Å². The second-order valence-electron chi connectivity index (χ2n) is 8.85. The lowest BCUT2D eigenvalue weighted by atomic mass is 9.66. The number of anilines is 1. The van der Waals surface area contributed by atoms with Crippen LogP contribution in [0.5, 0.6) is 0 Å². The predicted octanol–water partition coefficient (Wildman–Crippen LogP) is 1.89. The van der Waals surface area contributed by atoms with Crippen molar-refractivity contribution in [3.8, 4) is 23.0 Å². The molecular weight excluding hydrogens is 442 g/mol. The first-order valence-corrected chi connectivity index (χ1v) is 10.9. The molecule has 4 amide bonds. The Morgan fingerprint density at radius 3 is 2.62 bits per heavy atom. The van der Waals surface area contributed by atoms with Crippen molar-refractivity contribution in [1.29, 1.82) is 0 Å². The average molecular weight is 463 g/mol. The zero-order valence-corrected chi connectivity index (χ0v) is 18.4. The Bertz CT molecular complexity index is 1300. The Hall–Kier alpha value is -3.99. The summed E-state index contributed by atoms with van der Waals surface area (Å²) >= 11 is 0. The lowest BCUT2D eigenvalue weighted by Crippen LogP contribution is -2.75. The quantitative estimate of drug-likeness (QED) is 0.545. The Morgan fingerprint density at radius 2 is 1.88 bits per heavy atom. The smallest absolute Gasteiger partial charge is 0.328 e. The SMILES string of the molecule is C[C@@H]1CN2c3ccc(-c4nc(-c5ncco5)co4)cc3CC3(C(=O)NC(=O)NC3=O)[C@H]2[C@H](C)O1. The van der Waals surface area contributed by atoms with Crippen molar-refractivity contribution in [2.24, 2.45) is 5.41 Å². The number of nitrogens with zero attached hydrogens (tertiary/aromatic N) is 3. The third-order valence-electron chi connectivity index (χ3n) is 6.71. The molecule has 2 N–H and O–H groups in total. The normalized spacial score (nSPS) is 25.5. The van der Waals surface area contributed by atoms with E-state index in [0.29, 0.717) is 29.6 Å². The molecule has 174 valence electrons. The molecule has 11 heteroatoms. The van der Waals surface area contributed by atoms with Gasteiger partial charge in [-0.15, -0.1) is 0 Å². The number of benzene rings is 1. The van der Waals surface area contributed by atoms with Crippen molar-refractivity contribution in [3.05, 3.63) is 42.5 Å². The molecule has 34 heavy (non-hydrogen) atoms. The molecule has 0 bridgehead atoms. The van der Waals surface area contributed by atoms with Crippen LogP contribution in [0, 0.1) is 5.41 Å². The number of fused-ring (bicyclic) bond motifs is 4. The van der Waals surface area contributed by atoms with Crippen molar-refractivity contribution in [2.45, 2.75) is 38.5 Å². The molecule has 3 aromatic rings. The standard InChI is InChI=1S/C23H21N5O6/c1-11-9-28-16-4-3-13(18-25-15(10-33-18)19-24-5-6-32-19)7-14(16)8-23(17(28)12(2)34-11)20(29)26-22(31)27-21(23)30/h3-7,10-12,17H,8-9H2,1-2H3,(H2,26,27,29,30,31)/t11-,12+,17-/m1/s1. The zero-order chi connectivity index (χ0) is 23.6. The van der Waals surface area contributed by atoms with E-state index in [-0.39, 0.29) is 12.5 Å². The minimum absolute atomic E-state index is 0.0949. The van der Waals surface area contributed by atoms with Crippen LogP contribution in [0.25, 0.3) is 23.0 Å². The maximum Gasteiger partial charge on any atom is 0.328 e. The number of urea groups is 1. The molecule has 3 atom stereocenters. The van der Waals surface area contributed by atoms with Gasteiger partial charge in [-0.25, -0.2) is 14.8 Å². The van der Waals surface area contributed by atoms with Crippen molar-refractivity contribution in [2.75, 3.05) is 11.4 Å². The van der Waals surface area contributed by atoms with Crippen LogP contribution >= 0.6 is 0 Å². The molecule has 5 heterocycles. The number of carbonyl (C=O) groups excluding carboxylic acids is 3. The van der Waals surface area contributed by atoms with Crippen LogP contribution in [0.15, 0.2) is 45.8 Å². The largest absolute Gasteiger partial charge is 0.444 e. The molecule has 3 aliphatic rings. The number of hydrogen-bond donors (Lipinski definition) is 2. The predicted molar refractivity (Wildman–Crippen MR) is 116 cm³/mol. The molecule has 2 fully saturated rings. The van der Waals surface area contributed by atoms with E-state index in [1.807, 2.05) is 36.9 Å². The summed E-state index contributed by atoms with van der Waals surface area (Å²) in [6.07, 6.45) is 3.99. The molecule has 0 aliphatic carbocycles. The summed E-state index contributed by atoms with van der Waals surface area (Å²) in [5.41, 5.74) is 1.27. The lowest BCUT2D eigenvalue weighted by Gasteiger charge is -2.55. The fourth-order valence-electron chi connectivity index (χ4n) is 5.44. The number of aromatic nitrogens is 2. The highest BCUT2D eigenvalue weighted by atomic mass is 16.5. The van der Waals surface area contributed by atoms with Crippen LogP contribution in [-0.2, 0) is 20.7 Å². The maximum atomic E-state index is 13.3. The van der Waals surface area contributed by atoms with Crippen molar-refractivity contribution in [3.63, 3.8) is 0 Å². The van der Waals surface area contributed by atoms with Crippen LogP contribution < -0.4 is 15.5 Å². The van der Waals surface area contributed by atoms with Gasteiger partial charge < -0.3 is 18.5 Å². The second-order valence-corrected chi connectivity index (χ2v) is 8.85. The first kappa shape index (κ1) is 20.6. The minimum Gasteiger partial charge on any atom is -0.444 e. The molecule has 1 aromatic carbocycles. The van der Waals surface area contributed by atoms with Crippen LogP contribution in [0.2, 0.25) is 0 Å². The van der Waals surface area contributed by atoms with E-state index < -0.39 is 35.4 Å². The highest BCUT2D eigenvalue weighted by Crippen LogP contribution is 2.47. The van der Waals surface area contributed by atoms with Gasteiger partial charge in [0.1, 0.15) is 12.5 Å². The number of rotatable bonds is 2. The first-order valence-electron chi connectivity index (χ1n) is 10.9. The molecule has 0 unspecified atom stereocenters. The number of amides is 4. The number of hydrogen-bond acceptors (Lipinski definition) is 9. The summed E-state index contributed by atoms with van der Waals surface area (Å²) in [6.45, 7) is 4.29. The van der Waals surface area contributed by atoms with Crippen LogP contribution in [-0.4, -0.2) is 52.6 Å². The molecule has 0 saturated carbocycles. The van der Waals surface area contributed by atoms with Gasteiger partial charge in [-0.05, 0) is 44.0 Å². The zero-order valence-electron chi connectivity index (χ0n) is 18.4. The molecular formula is C23H21N5O6. The summed E-state index contributed by atoms with van der Waals surface area (Å²) in [5.74, 6) is -0.561. The molecule has 3 aliphatic heterocycles. The minimum atomic E-state index is -1.53. The lowest BCUT2D eigenvalue weighted by molar-refractivity contribution is -0.153. The van der Waals surface area contributed by atoms with Crippen molar-refractivity contribution >= 4 is 23.5 Å². The van der Waals surface area contributed by atoms with Gasteiger partial charge >= 0.3 is 6.03 Å². The molecule has 1 spiro atoms. The fourth-order valence-corrected chi connectivity index (χ4v) is 5.44. The average Bonchev–Trinajstić information content (AvgIpc) is 3.48. The summed E-state index contributed by atoms with van der Waals surface area (Å²) in [4.78, 5) is 48.9. The fraction of sp³-hybridized carbons (Fsp3) is 0.348. The number of oxazole rings is 2. The van der Waals surface area contributed by atoms with Gasteiger partial charge in [-0.3, -0.25) is 20.2 Å². The van der Waals surface area contributed by atoms with E-state index in [2.05, 4.69) is 20.6 Å². The molecule has 0 radical (unpaired) electrons. The monoisotopic (exact) mass is 463 g/mol. The maximum absolute atomic E-state index is 13.3. The summed E-state index contributed by atoms with van der Waals surface area (Å²) in [5, 5.41) is 4.58. The van der Waals surface area contributed by atoms with Crippen LogP contribution in [0.3, 0.4) is 0 Å². The molecule has 11 nitrogen and oxygen atoms in total. The van der Waals surface area contributed by atoms with Crippen molar-refractivity contribution in [1.82, 2.24) is 20.6 Å². The van der Waals surface area contributed by atoms with Gasteiger partial charge in [0.2, 0.25) is 23.6 Å². The summed E-state index contributed by atoms with van der Waals surface area (Å²) in [7, 11) is 0. The van der Waals surface area contributed by atoms with Gasteiger partial charge in [0.15, 0.2) is 11.1 Å². The van der Waals surface area contributed by atoms with Gasteiger partial charge in [0.05, 0.1) is 24.4 Å². The number of barbiturate groups is 1. The third-order valence-corrected chi connectivity index (χ3v) is 6.71. The third kappa shape index (κ3) is 2.90. The topological polar surface area (TPSA) is 140 Å². The van der Waals surface area contributed by atoms with E-state index in [0.717, 1.165) is 11.3 Å². The Balaban J connectivity index is 1.46. The van der Waals surface area contributed by atoms with Gasteiger partial charge in [0.25, 0.3) is 0 Å². The molecule has 2 aromatic heterocycles. The number of ether oxygens (including phenoxy) is 1. The van der Waals surface area contributed by atoms with Crippen LogP contribution in [0.4, 0.5) is 10.5 Å². The number of carbonyl (C=O) groups is 3. The van der Waals surface area contributed by atoms with E-state index in [9.17, 15) is 14.4 Å².